The van der Waals surface area contributed by atoms with Crippen molar-refractivity contribution in [1.29, 1.82) is 0 Å². The second kappa shape index (κ2) is 5.80. The van der Waals surface area contributed by atoms with Gasteiger partial charge in [0.1, 0.15) is 5.15 Å². The average Bonchev–Trinajstić information content (AvgIpc) is 2.46. The molecule has 1 aliphatic rings. The number of hydrazone groups is 1. The molecule has 3 nitrogen and oxygen atoms in total. The molecule has 0 spiro atoms. The molecule has 3 rings (SSSR count). The summed E-state index contributed by atoms with van der Waals surface area (Å²) in [6.45, 7) is 4.13. The van der Waals surface area contributed by atoms with Gasteiger partial charge < -0.3 is 0 Å². The summed E-state index contributed by atoms with van der Waals surface area (Å²) in [5, 5.41) is 8.25. The van der Waals surface area contributed by atoms with Gasteiger partial charge in [0.25, 0.3) is 0 Å². The zero-order chi connectivity index (χ0) is 13.9. The van der Waals surface area contributed by atoms with Crippen molar-refractivity contribution in [2.75, 3.05) is 13.1 Å². The first kappa shape index (κ1) is 13.4. The Morgan fingerprint density at radius 3 is 2.80 bits per heavy atom. The highest BCUT2D eigenvalue weighted by Crippen LogP contribution is 2.20. The number of rotatable bonds is 2. The van der Waals surface area contributed by atoms with Crippen LogP contribution in [0.2, 0.25) is 5.15 Å². The Bertz CT molecular complexity index is 645. The van der Waals surface area contributed by atoms with Crippen LogP contribution in [-0.4, -0.2) is 29.3 Å². The second-order valence-corrected chi connectivity index (χ2v) is 5.68. The molecule has 2 heterocycles. The van der Waals surface area contributed by atoms with E-state index >= 15 is 0 Å². The summed E-state index contributed by atoms with van der Waals surface area (Å²) in [7, 11) is 0. The fourth-order valence-electron chi connectivity index (χ4n) is 2.50. The lowest BCUT2D eigenvalue weighted by atomic mass is 10.1. The third-order valence-electron chi connectivity index (χ3n) is 3.65. The molecule has 1 saturated heterocycles. The van der Waals surface area contributed by atoms with Gasteiger partial charge in [0.2, 0.25) is 0 Å². The Labute approximate surface area is 124 Å². The van der Waals surface area contributed by atoms with Gasteiger partial charge in [0.15, 0.2) is 0 Å². The van der Waals surface area contributed by atoms with Gasteiger partial charge in [-0.15, -0.1) is 0 Å². The summed E-state index contributed by atoms with van der Waals surface area (Å²) in [4.78, 5) is 4.46. The SMILES string of the molecule is Cc1ccc2cc(/C=N/N3CCCCC3)c(Cl)nc2c1. The number of nitrogens with zero attached hydrogens (tertiary/aromatic N) is 3. The quantitative estimate of drug-likeness (QED) is 0.616. The van der Waals surface area contributed by atoms with Gasteiger partial charge >= 0.3 is 0 Å². The lowest BCUT2D eigenvalue weighted by molar-refractivity contribution is 0.240. The summed E-state index contributed by atoms with van der Waals surface area (Å²) >= 11 is 6.25. The first-order valence-electron chi connectivity index (χ1n) is 7.08. The van der Waals surface area contributed by atoms with E-state index in [1.165, 1.54) is 24.8 Å². The van der Waals surface area contributed by atoms with Crippen molar-refractivity contribution < 1.29 is 0 Å². The van der Waals surface area contributed by atoms with Gasteiger partial charge in [-0.2, -0.15) is 5.10 Å². The maximum Gasteiger partial charge on any atom is 0.138 e. The largest absolute Gasteiger partial charge is 0.297 e. The summed E-state index contributed by atoms with van der Waals surface area (Å²) in [6, 6.07) is 8.26. The standard InChI is InChI=1S/C16H18ClN3/c1-12-5-6-13-10-14(16(17)19-15(13)9-12)11-18-20-7-3-2-4-8-20/h5-6,9-11H,2-4,7-8H2,1H3/b18-11+. The van der Waals surface area contributed by atoms with Crippen molar-refractivity contribution in [3.05, 3.63) is 40.5 Å². The molecule has 0 atom stereocenters. The predicted octanol–water partition coefficient (Wildman–Crippen LogP) is 4.02. The van der Waals surface area contributed by atoms with Crippen LogP contribution in [0.1, 0.15) is 30.4 Å². The molecule has 0 bridgehead atoms. The van der Waals surface area contributed by atoms with Gasteiger partial charge in [-0.05, 0) is 43.9 Å². The maximum absolute atomic E-state index is 6.25. The summed E-state index contributed by atoms with van der Waals surface area (Å²) < 4.78 is 0. The summed E-state index contributed by atoms with van der Waals surface area (Å²) in [5.74, 6) is 0. The van der Waals surface area contributed by atoms with Crippen LogP contribution in [0, 0.1) is 6.92 Å². The molecule has 0 radical (unpaired) electrons. The van der Waals surface area contributed by atoms with Crippen molar-refractivity contribution in [3.63, 3.8) is 0 Å². The number of halogens is 1. The number of piperidine rings is 1. The molecule has 0 aliphatic carbocycles. The van der Waals surface area contributed by atoms with Crippen molar-refractivity contribution in [2.45, 2.75) is 26.2 Å². The van der Waals surface area contributed by atoms with Gasteiger partial charge in [-0.25, -0.2) is 4.98 Å². The van der Waals surface area contributed by atoms with Crippen LogP contribution in [0.5, 0.6) is 0 Å². The number of hydrogen-bond donors (Lipinski definition) is 0. The van der Waals surface area contributed by atoms with Gasteiger partial charge in [0.05, 0.1) is 11.7 Å². The zero-order valence-corrected chi connectivity index (χ0v) is 12.4. The lowest BCUT2D eigenvalue weighted by Gasteiger charge is -2.23. The molecule has 1 fully saturated rings. The molecule has 0 unspecified atom stereocenters. The number of benzene rings is 1. The van der Waals surface area contributed by atoms with E-state index in [9.17, 15) is 0 Å². The fourth-order valence-corrected chi connectivity index (χ4v) is 2.69. The molecular formula is C16H18ClN3. The van der Waals surface area contributed by atoms with Gasteiger partial charge in [-0.1, -0.05) is 23.7 Å². The highest BCUT2D eigenvalue weighted by atomic mass is 35.5. The van der Waals surface area contributed by atoms with E-state index in [2.05, 4.69) is 40.2 Å². The predicted molar refractivity (Wildman–Crippen MR) is 84.5 cm³/mol. The molecule has 0 saturated carbocycles. The van der Waals surface area contributed by atoms with E-state index in [1.807, 2.05) is 12.3 Å². The normalized spacial score (nSPS) is 16.2. The monoisotopic (exact) mass is 287 g/mol. The Balaban J connectivity index is 1.89. The van der Waals surface area contributed by atoms with Gasteiger partial charge in [-0.3, -0.25) is 5.01 Å². The molecular weight excluding hydrogens is 270 g/mol. The smallest absolute Gasteiger partial charge is 0.138 e. The maximum atomic E-state index is 6.25. The molecule has 1 aromatic heterocycles. The van der Waals surface area contributed by atoms with Gasteiger partial charge in [0, 0.05) is 24.0 Å². The summed E-state index contributed by atoms with van der Waals surface area (Å²) in [5.41, 5.74) is 3.01. The summed E-state index contributed by atoms with van der Waals surface area (Å²) in [6.07, 6.45) is 5.59. The highest BCUT2D eigenvalue weighted by Gasteiger charge is 2.07. The van der Waals surface area contributed by atoms with Crippen LogP contribution in [0.4, 0.5) is 0 Å². The van der Waals surface area contributed by atoms with E-state index in [-0.39, 0.29) is 0 Å². The van der Waals surface area contributed by atoms with Crippen LogP contribution in [0.3, 0.4) is 0 Å². The molecule has 1 aromatic carbocycles. The van der Waals surface area contributed by atoms with E-state index < -0.39 is 0 Å². The van der Waals surface area contributed by atoms with Crippen LogP contribution < -0.4 is 0 Å². The molecule has 4 heteroatoms. The lowest BCUT2D eigenvalue weighted by Crippen LogP contribution is -2.24. The number of aryl methyl sites for hydroxylation is 1. The Hall–Kier alpha value is -1.61. The number of fused-ring (bicyclic) bond motifs is 1. The van der Waals surface area contributed by atoms with Crippen LogP contribution in [-0.2, 0) is 0 Å². The Morgan fingerprint density at radius 1 is 1.20 bits per heavy atom. The van der Waals surface area contributed by atoms with Crippen molar-refractivity contribution in [3.8, 4) is 0 Å². The molecule has 104 valence electrons. The second-order valence-electron chi connectivity index (χ2n) is 5.32. The third kappa shape index (κ3) is 2.93. The van der Waals surface area contributed by atoms with Crippen LogP contribution in [0.15, 0.2) is 29.4 Å². The molecule has 0 N–H and O–H groups in total. The minimum Gasteiger partial charge on any atom is -0.297 e. The third-order valence-corrected chi connectivity index (χ3v) is 3.95. The molecule has 1 aliphatic heterocycles. The zero-order valence-electron chi connectivity index (χ0n) is 11.6. The average molecular weight is 288 g/mol. The minimum absolute atomic E-state index is 0.517. The van der Waals surface area contributed by atoms with E-state index in [0.717, 1.165) is 29.6 Å². The fraction of sp³-hybridized carbons (Fsp3) is 0.375. The number of hydrogen-bond acceptors (Lipinski definition) is 3. The topological polar surface area (TPSA) is 28.5 Å². The number of aromatic nitrogens is 1. The Kier molecular flexibility index (Phi) is 3.88. The van der Waals surface area contributed by atoms with Crippen LogP contribution in [0.25, 0.3) is 10.9 Å². The molecule has 2 aromatic rings. The highest BCUT2D eigenvalue weighted by molar-refractivity contribution is 6.32. The van der Waals surface area contributed by atoms with Crippen molar-refractivity contribution >= 4 is 28.7 Å². The molecule has 0 amide bonds. The first-order valence-corrected chi connectivity index (χ1v) is 7.46. The Morgan fingerprint density at radius 2 is 2.00 bits per heavy atom. The molecule has 20 heavy (non-hydrogen) atoms. The van der Waals surface area contributed by atoms with Crippen molar-refractivity contribution in [1.82, 2.24) is 9.99 Å². The number of pyridine rings is 1. The first-order chi connectivity index (χ1) is 9.72. The van der Waals surface area contributed by atoms with Crippen LogP contribution >= 0.6 is 11.6 Å². The minimum atomic E-state index is 0.517. The van der Waals surface area contributed by atoms with E-state index in [0.29, 0.717) is 5.15 Å². The van der Waals surface area contributed by atoms with E-state index in [4.69, 9.17) is 11.6 Å². The van der Waals surface area contributed by atoms with E-state index in [1.54, 1.807) is 0 Å². The van der Waals surface area contributed by atoms with Crippen molar-refractivity contribution in [2.24, 2.45) is 5.10 Å².